The molecule has 0 aromatic carbocycles. The van der Waals surface area contributed by atoms with E-state index in [1.807, 2.05) is 13.8 Å². The normalized spacial score (nSPS) is 21.1. The quantitative estimate of drug-likeness (QED) is 0.556. The Balaban J connectivity index is 0.00000112. The molecule has 0 unspecified atom stereocenters. The number of hydrogen-bond donors (Lipinski definition) is 2. The maximum Gasteiger partial charge on any atom is 0.254 e. The van der Waals surface area contributed by atoms with E-state index in [1.54, 1.807) is 16.8 Å². The van der Waals surface area contributed by atoms with Crippen molar-refractivity contribution in [2.24, 2.45) is 0 Å². The fourth-order valence-electron chi connectivity index (χ4n) is 3.69. The summed E-state index contributed by atoms with van der Waals surface area (Å²) in [6.45, 7) is 7.76. The van der Waals surface area contributed by atoms with Crippen LogP contribution in [0.2, 0.25) is 0 Å². The van der Waals surface area contributed by atoms with Gasteiger partial charge in [-0.1, -0.05) is 13.8 Å². The largest absolute Gasteiger partial charge is 0.351 e. The maximum absolute atomic E-state index is 12.0. The minimum absolute atomic E-state index is 0.0831. The highest BCUT2D eigenvalue weighted by Crippen LogP contribution is 2.27. The number of fused-ring (bicyclic) bond motifs is 1. The third-order valence-corrected chi connectivity index (χ3v) is 5.52. The van der Waals surface area contributed by atoms with Gasteiger partial charge in [-0.25, -0.2) is 0 Å². The van der Waals surface area contributed by atoms with Gasteiger partial charge in [0.15, 0.2) is 5.65 Å². The van der Waals surface area contributed by atoms with Crippen molar-refractivity contribution in [1.82, 2.24) is 29.8 Å². The van der Waals surface area contributed by atoms with Crippen LogP contribution in [0.1, 0.15) is 45.1 Å². The van der Waals surface area contributed by atoms with Gasteiger partial charge in [0.05, 0.1) is 12.6 Å². The van der Waals surface area contributed by atoms with Gasteiger partial charge in [0, 0.05) is 36.8 Å². The Morgan fingerprint density at radius 2 is 1.94 bits per heavy atom. The number of anilines is 2. The Bertz CT molecular complexity index is 1010. The van der Waals surface area contributed by atoms with Gasteiger partial charge in [-0.3, -0.25) is 14.9 Å². The molecule has 166 valence electrons. The van der Waals surface area contributed by atoms with Crippen LogP contribution in [-0.4, -0.2) is 75.6 Å². The number of rotatable bonds is 4. The van der Waals surface area contributed by atoms with E-state index in [2.05, 4.69) is 32.6 Å². The number of carbonyl (C=O) groups excluding carboxylic acids is 2. The maximum atomic E-state index is 12.0. The van der Waals surface area contributed by atoms with Gasteiger partial charge >= 0.3 is 0 Å². The summed E-state index contributed by atoms with van der Waals surface area (Å²) in [4.78, 5) is 37.6. The Morgan fingerprint density at radius 3 is 2.65 bits per heavy atom. The van der Waals surface area contributed by atoms with Crippen LogP contribution in [-0.2, 0) is 9.59 Å². The average molecular weight is 427 g/mol. The van der Waals surface area contributed by atoms with E-state index in [1.165, 1.54) is 0 Å². The fraction of sp³-hybridized carbons (Fsp3) is 0.571. The molecule has 0 spiro atoms. The van der Waals surface area contributed by atoms with Gasteiger partial charge in [0.2, 0.25) is 17.8 Å². The molecule has 2 N–H and O–H groups in total. The minimum atomic E-state index is -0.351. The second kappa shape index (κ2) is 9.01. The molecule has 2 aromatic heterocycles. The minimum Gasteiger partial charge on any atom is -0.351 e. The van der Waals surface area contributed by atoms with E-state index in [0.29, 0.717) is 34.7 Å². The lowest BCUT2D eigenvalue weighted by atomic mass is 10.1. The number of nitrogens with zero attached hydrogens (tertiary/aromatic N) is 6. The molecule has 10 heteroatoms. The van der Waals surface area contributed by atoms with E-state index >= 15 is 0 Å². The van der Waals surface area contributed by atoms with Gasteiger partial charge in [-0.05, 0) is 38.9 Å². The molecule has 3 aliphatic rings. The molecule has 2 amide bonds. The van der Waals surface area contributed by atoms with Gasteiger partial charge in [-0.2, -0.15) is 19.6 Å². The topological polar surface area (TPSA) is 108 Å². The first-order valence-corrected chi connectivity index (χ1v) is 11.1. The number of carbonyl (C=O) groups is 2. The van der Waals surface area contributed by atoms with E-state index < -0.39 is 0 Å². The van der Waals surface area contributed by atoms with Crippen LogP contribution in [0.15, 0.2) is 11.8 Å². The molecule has 5 rings (SSSR count). The number of likely N-dealkylation sites (N-methyl/N-ethyl adjacent to an activating group) is 1. The first-order valence-electron chi connectivity index (χ1n) is 11.1. The van der Waals surface area contributed by atoms with Crippen LogP contribution in [0, 0.1) is 0 Å². The predicted molar refractivity (Wildman–Crippen MR) is 119 cm³/mol. The monoisotopic (exact) mass is 426 g/mol. The molecular weight excluding hydrogens is 396 g/mol. The molecule has 3 fully saturated rings. The SMILES string of the molecule is CC.CN1CCCN(c2nc(NC3CC3)n3ncc(/C=C4\CC(=O)NC4=O)c3n2)CC1. The van der Waals surface area contributed by atoms with Crippen LogP contribution < -0.4 is 15.5 Å². The highest BCUT2D eigenvalue weighted by Gasteiger charge is 2.27. The molecule has 0 atom stereocenters. The number of amides is 2. The van der Waals surface area contributed by atoms with Crippen molar-refractivity contribution in [2.75, 3.05) is 43.4 Å². The summed E-state index contributed by atoms with van der Waals surface area (Å²) >= 11 is 0. The zero-order valence-corrected chi connectivity index (χ0v) is 18.4. The van der Waals surface area contributed by atoms with Gasteiger partial charge in [-0.15, -0.1) is 0 Å². The molecule has 2 saturated heterocycles. The number of nitrogens with one attached hydrogen (secondary N) is 2. The van der Waals surface area contributed by atoms with Gasteiger partial charge in [0.25, 0.3) is 5.91 Å². The van der Waals surface area contributed by atoms with Crippen molar-refractivity contribution in [3.05, 3.63) is 17.3 Å². The zero-order valence-electron chi connectivity index (χ0n) is 18.4. The number of imide groups is 1. The van der Waals surface area contributed by atoms with Crippen molar-refractivity contribution >= 4 is 35.4 Å². The van der Waals surface area contributed by atoms with Gasteiger partial charge in [0.1, 0.15) is 0 Å². The lowest BCUT2D eigenvalue weighted by molar-refractivity contribution is -0.124. The van der Waals surface area contributed by atoms with Gasteiger partial charge < -0.3 is 15.1 Å². The lowest BCUT2D eigenvalue weighted by Gasteiger charge is -2.21. The van der Waals surface area contributed by atoms with Crippen molar-refractivity contribution in [2.45, 2.75) is 45.6 Å². The first-order chi connectivity index (χ1) is 15.1. The molecule has 4 heterocycles. The van der Waals surface area contributed by atoms with Crippen LogP contribution in [0.5, 0.6) is 0 Å². The summed E-state index contributed by atoms with van der Waals surface area (Å²) in [5, 5.41) is 10.2. The Hall–Kier alpha value is -3.01. The molecule has 10 nitrogen and oxygen atoms in total. The molecule has 1 aliphatic carbocycles. The molecule has 2 aliphatic heterocycles. The smallest absolute Gasteiger partial charge is 0.254 e. The van der Waals surface area contributed by atoms with E-state index in [0.717, 1.165) is 45.4 Å². The highest BCUT2D eigenvalue weighted by molar-refractivity contribution is 6.15. The lowest BCUT2D eigenvalue weighted by Crippen LogP contribution is -2.30. The van der Waals surface area contributed by atoms with Crippen LogP contribution in [0.3, 0.4) is 0 Å². The summed E-state index contributed by atoms with van der Waals surface area (Å²) < 4.78 is 1.69. The van der Waals surface area contributed by atoms with E-state index in [-0.39, 0.29) is 18.2 Å². The highest BCUT2D eigenvalue weighted by atomic mass is 16.2. The summed E-state index contributed by atoms with van der Waals surface area (Å²) in [6.07, 6.45) is 6.75. The van der Waals surface area contributed by atoms with Crippen molar-refractivity contribution in [1.29, 1.82) is 0 Å². The van der Waals surface area contributed by atoms with Crippen molar-refractivity contribution in [3.8, 4) is 0 Å². The van der Waals surface area contributed by atoms with E-state index in [4.69, 9.17) is 9.97 Å². The van der Waals surface area contributed by atoms with Crippen LogP contribution in [0.25, 0.3) is 11.7 Å². The Morgan fingerprint density at radius 1 is 1.13 bits per heavy atom. The third kappa shape index (κ3) is 4.68. The molecule has 1 saturated carbocycles. The summed E-state index contributed by atoms with van der Waals surface area (Å²) in [6, 6.07) is 0.417. The summed E-state index contributed by atoms with van der Waals surface area (Å²) in [5.41, 5.74) is 1.77. The van der Waals surface area contributed by atoms with Crippen LogP contribution >= 0.6 is 0 Å². The summed E-state index contributed by atoms with van der Waals surface area (Å²) in [5.74, 6) is 0.707. The predicted octanol–water partition coefficient (Wildman–Crippen LogP) is 1.30. The average Bonchev–Trinajstić information content (AvgIpc) is 3.45. The fourth-order valence-corrected chi connectivity index (χ4v) is 3.69. The molecule has 2 aromatic rings. The molecule has 0 radical (unpaired) electrons. The first kappa shape index (κ1) is 21.2. The molecular formula is C21H30N8O2. The second-order valence-corrected chi connectivity index (χ2v) is 7.97. The van der Waals surface area contributed by atoms with Crippen molar-refractivity contribution in [3.63, 3.8) is 0 Å². The molecule has 0 bridgehead atoms. The number of aromatic nitrogens is 4. The van der Waals surface area contributed by atoms with Crippen LogP contribution in [0.4, 0.5) is 11.9 Å². The summed E-state index contributed by atoms with van der Waals surface area (Å²) in [7, 11) is 2.13. The van der Waals surface area contributed by atoms with Crippen molar-refractivity contribution < 1.29 is 9.59 Å². The third-order valence-electron chi connectivity index (χ3n) is 5.52. The standard InChI is InChI=1S/C19H24N8O2.C2H6/c1-25-5-2-6-26(8-7-25)18-23-16-13(9-12-10-15(28)22-17(12)29)11-20-27(16)19(24-18)21-14-3-4-14;1-2/h9,11,14H,2-8,10H2,1H3,(H,21,23,24)(H,22,28,29);1-2H3/b12-9+;. The second-order valence-electron chi connectivity index (χ2n) is 7.97. The number of hydrogen-bond acceptors (Lipinski definition) is 8. The zero-order chi connectivity index (χ0) is 22.0. The Kier molecular flexibility index (Phi) is 6.17. The van der Waals surface area contributed by atoms with E-state index in [9.17, 15) is 9.59 Å². The molecule has 31 heavy (non-hydrogen) atoms. The Labute approximate surface area is 181 Å².